The molecule has 3 aliphatic rings. The van der Waals surface area contributed by atoms with Crippen molar-refractivity contribution in [1.29, 1.82) is 0 Å². The Bertz CT molecular complexity index is 786. The van der Waals surface area contributed by atoms with Gasteiger partial charge in [0.15, 0.2) is 6.61 Å². The summed E-state index contributed by atoms with van der Waals surface area (Å²) in [5.74, 6) is -0.712. The van der Waals surface area contributed by atoms with Crippen LogP contribution in [0.15, 0.2) is 24.3 Å². The first-order valence-corrected chi connectivity index (χ1v) is 9.93. The minimum Gasteiger partial charge on any atom is -0.454 e. The van der Waals surface area contributed by atoms with E-state index in [0.29, 0.717) is 18.4 Å². The number of carbonyl (C=O) groups excluding carboxylic acids is 4. The lowest BCUT2D eigenvalue weighted by molar-refractivity contribution is -0.153. The van der Waals surface area contributed by atoms with E-state index < -0.39 is 24.3 Å². The molecule has 1 aliphatic carbocycles. The van der Waals surface area contributed by atoms with E-state index in [1.54, 1.807) is 29.2 Å². The van der Waals surface area contributed by atoms with Gasteiger partial charge in [-0.1, -0.05) is 31.4 Å². The fourth-order valence-electron chi connectivity index (χ4n) is 4.62. The molecule has 0 bridgehead atoms. The zero-order valence-electron chi connectivity index (χ0n) is 15.8. The molecule has 0 radical (unpaired) electrons. The van der Waals surface area contributed by atoms with Gasteiger partial charge in [0, 0.05) is 13.1 Å². The highest BCUT2D eigenvalue weighted by atomic mass is 16.5. The predicted octanol–water partition coefficient (Wildman–Crippen LogP) is 1.86. The highest BCUT2D eigenvalue weighted by Crippen LogP contribution is 2.36. The maximum Gasteiger partial charge on any atom is 0.326 e. The van der Waals surface area contributed by atoms with Gasteiger partial charge in [0.25, 0.3) is 17.7 Å². The third kappa shape index (κ3) is 3.53. The molecule has 0 N–H and O–H groups in total. The average molecular weight is 384 g/mol. The van der Waals surface area contributed by atoms with E-state index in [9.17, 15) is 19.2 Å². The van der Waals surface area contributed by atoms with Crippen molar-refractivity contribution in [1.82, 2.24) is 9.80 Å². The number of fused-ring (bicyclic) bond motifs is 2. The van der Waals surface area contributed by atoms with Crippen LogP contribution in [-0.2, 0) is 14.3 Å². The van der Waals surface area contributed by atoms with Crippen molar-refractivity contribution in [3.05, 3.63) is 35.4 Å². The summed E-state index contributed by atoms with van der Waals surface area (Å²) in [6.45, 7) is 0.610. The number of amides is 3. The minimum absolute atomic E-state index is 0.209. The zero-order chi connectivity index (χ0) is 19.7. The number of esters is 1. The summed E-state index contributed by atoms with van der Waals surface area (Å²) in [6.07, 6.45) is 5.93. The molecule has 7 nitrogen and oxygen atoms in total. The molecular formula is C21H24N2O5. The van der Waals surface area contributed by atoms with Crippen LogP contribution >= 0.6 is 0 Å². The Balaban J connectivity index is 1.27. The van der Waals surface area contributed by atoms with Crippen molar-refractivity contribution in [3.63, 3.8) is 0 Å². The lowest BCUT2D eigenvalue weighted by Crippen LogP contribution is -2.46. The highest BCUT2D eigenvalue weighted by molar-refractivity contribution is 6.22. The van der Waals surface area contributed by atoms with Crippen LogP contribution in [0.1, 0.15) is 52.8 Å². The number of likely N-dealkylation sites (tertiary alicyclic amines) is 1. The van der Waals surface area contributed by atoms with Crippen molar-refractivity contribution < 1.29 is 23.9 Å². The molecule has 148 valence electrons. The van der Waals surface area contributed by atoms with E-state index in [0.717, 1.165) is 24.3 Å². The normalized spacial score (nSPS) is 24.0. The summed E-state index contributed by atoms with van der Waals surface area (Å²) in [5.41, 5.74) is 0.568. The second-order valence-corrected chi connectivity index (χ2v) is 7.84. The van der Waals surface area contributed by atoms with Gasteiger partial charge in [0.1, 0.15) is 6.54 Å². The van der Waals surface area contributed by atoms with Gasteiger partial charge in [0.2, 0.25) is 0 Å². The molecule has 4 rings (SSSR count). The topological polar surface area (TPSA) is 84.0 Å². The van der Waals surface area contributed by atoms with E-state index in [1.165, 1.54) is 19.3 Å². The van der Waals surface area contributed by atoms with Crippen LogP contribution in [0.5, 0.6) is 0 Å². The Labute approximate surface area is 163 Å². The van der Waals surface area contributed by atoms with Gasteiger partial charge in [-0.3, -0.25) is 24.1 Å². The van der Waals surface area contributed by atoms with E-state index >= 15 is 0 Å². The number of nitrogens with zero attached hydrogens (tertiary/aromatic N) is 2. The number of ether oxygens (including phenoxy) is 1. The third-order valence-corrected chi connectivity index (χ3v) is 6.17. The lowest BCUT2D eigenvalue weighted by Gasteiger charge is -2.41. The summed E-state index contributed by atoms with van der Waals surface area (Å²) in [6, 6.07) is 6.44. The van der Waals surface area contributed by atoms with Gasteiger partial charge in [-0.05, 0) is 36.8 Å². The van der Waals surface area contributed by atoms with Gasteiger partial charge < -0.3 is 9.64 Å². The van der Waals surface area contributed by atoms with Crippen LogP contribution in [0.3, 0.4) is 0 Å². The highest BCUT2D eigenvalue weighted by Gasteiger charge is 2.37. The summed E-state index contributed by atoms with van der Waals surface area (Å²) in [4.78, 5) is 51.8. The minimum atomic E-state index is -0.754. The van der Waals surface area contributed by atoms with Crippen LogP contribution in [-0.4, -0.2) is 59.7 Å². The quantitative estimate of drug-likeness (QED) is 0.584. The number of rotatable bonds is 4. The number of hydrogen-bond donors (Lipinski definition) is 0. The molecule has 0 spiro atoms. The fourth-order valence-corrected chi connectivity index (χ4v) is 4.62. The molecule has 2 heterocycles. The van der Waals surface area contributed by atoms with Crippen molar-refractivity contribution in [3.8, 4) is 0 Å². The molecule has 2 fully saturated rings. The Morgan fingerprint density at radius 2 is 1.61 bits per heavy atom. The molecule has 28 heavy (non-hydrogen) atoms. The molecule has 2 atom stereocenters. The predicted molar refractivity (Wildman–Crippen MR) is 99.4 cm³/mol. The van der Waals surface area contributed by atoms with Crippen molar-refractivity contribution in [2.45, 2.75) is 32.1 Å². The van der Waals surface area contributed by atoms with Crippen LogP contribution in [0.25, 0.3) is 0 Å². The van der Waals surface area contributed by atoms with Gasteiger partial charge in [-0.15, -0.1) is 0 Å². The number of imide groups is 1. The lowest BCUT2D eigenvalue weighted by atomic mass is 9.75. The van der Waals surface area contributed by atoms with Gasteiger partial charge in [-0.25, -0.2) is 0 Å². The SMILES string of the molecule is O=C(CN1C(=O)c2ccccc2C1=O)OCC(=O)N1CC[C@@H]2CCCC[C@@H]2C1. The molecule has 0 unspecified atom stereocenters. The summed E-state index contributed by atoms with van der Waals surface area (Å²) < 4.78 is 5.07. The standard InChI is InChI=1S/C21H24N2O5/c24-18(22-10-9-14-5-1-2-6-15(14)11-22)13-28-19(25)12-23-20(26)16-7-3-4-8-17(16)21(23)27/h3-4,7-8,14-15H,1-2,5-6,9-13H2/t14-,15+/m0/s1. The number of benzene rings is 1. The number of carbonyl (C=O) groups is 4. The van der Waals surface area contributed by atoms with Gasteiger partial charge >= 0.3 is 5.97 Å². The zero-order valence-corrected chi connectivity index (χ0v) is 15.8. The largest absolute Gasteiger partial charge is 0.454 e. The maximum absolute atomic E-state index is 12.4. The second-order valence-electron chi connectivity index (χ2n) is 7.84. The summed E-state index contributed by atoms with van der Waals surface area (Å²) in [7, 11) is 0. The first kappa shape index (κ1) is 18.7. The fraction of sp³-hybridized carbons (Fsp3) is 0.524. The van der Waals surface area contributed by atoms with Crippen LogP contribution in [0, 0.1) is 11.8 Å². The number of piperidine rings is 1. The van der Waals surface area contributed by atoms with E-state index in [2.05, 4.69) is 0 Å². The molecule has 7 heteroatoms. The summed E-state index contributed by atoms with van der Waals surface area (Å²) in [5, 5.41) is 0. The molecule has 1 aromatic rings. The maximum atomic E-state index is 12.4. The molecule has 0 aromatic heterocycles. The number of hydrogen-bond acceptors (Lipinski definition) is 5. The molecule has 2 aliphatic heterocycles. The molecular weight excluding hydrogens is 360 g/mol. The van der Waals surface area contributed by atoms with Crippen LogP contribution in [0.2, 0.25) is 0 Å². The first-order valence-electron chi connectivity index (χ1n) is 9.93. The summed E-state index contributed by atoms with van der Waals surface area (Å²) >= 11 is 0. The van der Waals surface area contributed by atoms with Crippen molar-refractivity contribution >= 4 is 23.7 Å². The monoisotopic (exact) mass is 384 g/mol. The molecule has 1 saturated heterocycles. The van der Waals surface area contributed by atoms with Crippen molar-refractivity contribution in [2.75, 3.05) is 26.2 Å². The average Bonchev–Trinajstić information content (AvgIpc) is 2.97. The van der Waals surface area contributed by atoms with Crippen LogP contribution in [0.4, 0.5) is 0 Å². The second kappa shape index (κ2) is 7.73. The third-order valence-electron chi connectivity index (χ3n) is 6.17. The van der Waals surface area contributed by atoms with Crippen LogP contribution < -0.4 is 0 Å². The Morgan fingerprint density at radius 3 is 2.29 bits per heavy atom. The Kier molecular flexibility index (Phi) is 5.15. The molecule has 1 aromatic carbocycles. The van der Waals surface area contributed by atoms with Gasteiger partial charge in [0.05, 0.1) is 11.1 Å². The van der Waals surface area contributed by atoms with E-state index in [-0.39, 0.29) is 23.6 Å². The Morgan fingerprint density at radius 1 is 0.964 bits per heavy atom. The molecule has 1 saturated carbocycles. The van der Waals surface area contributed by atoms with E-state index in [1.807, 2.05) is 0 Å². The molecule has 3 amide bonds. The first-order chi connectivity index (χ1) is 13.5. The van der Waals surface area contributed by atoms with Gasteiger partial charge in [-0.2, -0.15) is 0 Å². The smallest absolute Gasteiger partial charge is 0.326 e. The Hall–Kier alpha value is -2.70. The van der Waals surface area contributed by atoms with E-state index in [4.69, 9.17) is 4.74 Å². The van der Waals surface area contributed by atoms with Crippen molar-refractivity contribution in [2.24, 2.45) is 11.8 Å².